The molecule has 6 nitrogen and oxygen atoms in total. The number of hydrogen-bond donors (Lipinski definition) is 2. The third-order valence-corrected chi connectivity index (χ3v) is 2.63. The first-order chi connectivity index (χ1) is 8.01. The van der Waals surface area contributed by atoms with Gasteiger partial charge in [0.05, 0.1) is 12.1 Å². The van der Waals surface area contributed by atoms with Crippen molar-refractivity contribution in [1.82, 2.24) is 25.4 Å². The number of carbonyl (C=O) groups is 1. The van der Waals surface area contributed by atoms with Crippen LogP contribution in [0, 0.1) is 0 Å². The predicted octanol–water partition coefficient (Wildman–Crippen LogP) is 0.302. The lowest BCUT2D eigenvalue weighted by molar-refractivity contribution is -0.126. The zero-order chi connectivity index (χ0) is 12.9. The summed E-state index contributed by atoms with van der Waals surface area (Å²) in [4.78, 5) is 11.9. The van der Waals surface area contributed by atoms with Gasteiger partial charge in [-0.05, 0) is 27.3 Å². The van der Waals surface area contributed by atoms with Crippen LogP contribution in [0.15, 0.2) is 6.33 Å². The molecule has 0 aromatic carbocycles. The summed E-state index contributed by atoms with van der Waals surface area (Å²) in [6.07, 6.45) is 1.66. The van der Waals surface area contributed by atoms with E-state index in [0.717, 1.165) is 18.9 Å². The summed E-state index contributed by atoms with van der Waals surface area (Å²) in [5, 5.41) is 13.8. The zero-order valence-electron chi connectivity index (χ0n) is 10.9. The molecule has 17 heavy (non-hydrogen) atoms. The Hall–Kier alpha value is -1.43. The second-order valence-electron chi connectivity index (χ2n) is 4.37. The van der Waals surface area contributed by atoms with Gasteiger partial charge in [0.15, 0.2) is 5.82 Å². The Kier molecular flexibility index (Phi) is 4.62. The van der Waals surface area contributed by atoms with Crippen molar-refractivity contribution in [2.75, 3.05) is 6.54 Å². The molecular formula is C11H21N5O. The van der Waals surface area contributed by atoms with Crippen molar-refractivity contribution in [1.29, 1.82) is 0 Å². The maximum atomic E-state index is 11.9. The Bertz CT molecular complexity index is 372. The topological polar surface area (TPSA) is 71.8 Å². The molecule has 0 unspecified atom stereocenters. The van der Waals surface area contributed by atoms with Crippen molar-refractivity contribution in [3.8, 4) is 0 Å². The minimum atomic E-state index is -0.564. The number of carbonyl (C=O) groups excluding carboxylic acids is 1. The van der Waals surface area contributed by atoms with E-state index in [1.54, 1.807) is 6.33 Å². The zero-order valence-corrected chi connectivity index (χ0v) is 10.9. The van der Waals surface area contributed by atoms with Gasteiger partial charge in [0.25, 0.3) is 0 Å². The van der Waals surface area contributed by atoms with Crippen molar-refractivity contribution in [3.63, 3.8) is 0 Å². The fourth-order valence-corrected chi connectivity index (χ4v) is 1.58. The lowest BCUT2D eigenvalue weighted by atomic mass is 10.0. The molecule has 1 aromatic rings. The smallest absolute Gasteiger partial charge is 0.240 e. The monoisotopic (exact) mass is 239 g/mol. The van der Waals surface area contributed by atoms with Crippen molar-refractivity contribution in [2.24, 2.45) is 0 Å². The van der Waals surface area contributed by atoms with Crippen LogP contribution in [0.2, 0.25) is 0 Å². The minimum Gasteiger partial charge on any atom is -0.347 e. The minimum absolute atomic E-state index is 0.0370. The van der Waals surface area contributed by atoms with E-state index < -0.39 is 5.54 Å². The van der Waals surface area contributed by atoms with Crippen molar-refractivity contribution < 1.29 is 4.79 Å². The Morgan fingerprint density at radius 2 is 2.18 bits per heavy atom. The molecule has 0 aliphatic carbocycles. The van der Waals surface area contributed by atoms with E-state index >= 15 is 0 Å². The highest BCUT2D eigenvalue weighted by atomic mass is 16.2. The average Bonchev–Trinajstić information content (AvgIpc) is 2.72. The second kappa shape index (κ2) is 5.77. The molecule has 6 heteroatoms. The number of nitrogens with zero attached hydrogens (tertiary/aromatic N) is 3. The fourth-order valence-electron chi connectivity index (χ4n) is 1.58. The first-order valence-electron chi connectivity index (χ1n) is 5.91. The highest BCUT2D eigenvalue weighted by Crippen LogP contribution is 2.02. The third-order valence-electron chi connectivity index (χ3n) is 2.63. The van der Waals surface area contributed by atoms with Gasteiger partial charge in [0.1, 0.15) is 6.33 Å². The lowest BCUT2D eigenvalue weighted by Crippen LogP contribution is -2.52. The van der Waals surface area contributed by atoms with Crippen LogP contribution in [0.1, 0.15) is 33.5 Å². The fraction of sp³-hybridized carbons (Fsp3) is 0.727. The average molecular weight is 239 g/mol. The molecule has 2 N–H and O–H groups in total. The van der Waals surface area contributed by atoms with Gasteiger partial charge in [-0.2, -0.15) is 0 Å². The summed E-state index contributed by atoms with van der Waals surface area (Å²) in [7, 11) is 0. The van der Waals surface area contributed by atoms with E-state index in [9.17, 15) is 4.79 Å². The van der Waals surface area contributed by atoms with Gasteiger partial charge in [-0.1, -0.05) is 6.92 Å². The standard InChI is InChI=1S/C11H21N5O/c1-5-13-11(3,4)10(17)12-7-9-15-14-8-16(9)6-2/h8,13H,5-7H2,1-4H3,(H,12,17). The van der Waals surface area contributed by atoms with Crippen LogP contribution >= 0.6 is 0 Å². The molecule has 0 spiro atoms. The Balaban J connectivity index is 2.54. The molecule has 1 aromatic heterocycles. The summed E-state index contributed by atoms with van der Waals surface area (Å²) in [5.74, 6) is 0.734. The number of hydrogen-bond acceptors (Lipinski definition) is 4. The summed E-state index contributed by atoms with van der Waals surface area (Å²) < 4.78 is 1.90. The largest absolute Gasteiger partial charge is 0.347 e. The molecule has 0 atom stereocenters. The molecule has 1 heterocycles. The van der Waals surface area contributed by atoms with Gasteiger partial charge < -0.3 is 15.2 Å². The van der Waals surface area contributed by atoms with Crippen LogP contribution in [-0.4, -0.2) is 32.8 Å². The van der Waals surface area contributed by atoms with Gasteiger partial charge in [0, 0.05) is 6.54 Å². The van der Waals surface area contributed by atoms with E-state index in [2.05, 4.69) is 20.8 Å². The molecule has 0 saturated carbocycles. The first-order valence-corrected chi connectivity index (χ1v) is 5.91. The molecule has 0 radical (unpaired) electrons. The van der Waals surface area contributed by atoms with E-state index in [-0.39, 0.29) is 5.91 Å². The lowest BCUT2D eigenvalue weighted by Gasteiger charge is -2.24. The second-order valence-corrected chi connectivity index (χ2v) is 4.37. The molecular weight excluding hydrogens is 218 g/mol. The van der Waals surface area contributed by atoms with Gasteiger partial charge in [-0.3, -0.25) is 4.79 Å². The SMILES string of the molecule is CCNC(C)(C)C(=O)NCc1nncn1CC. The van der Waals surface area contributed by atoms with E-state index in [4.69, 9.17) is 0 Å². The van der Waals surface area contributed by atoms with Crippen LogP contribution in [-0.2, 0) is 17.9 Å². The predicted molar refractivity (Wildman–Crippen MR) is 65.3 cm³/mol. The Labute approximate surface area is 102 Å². The van der Waals surface area contributed by atoms with E-state index in [0.29, 0.717) is 6.54 Å². The summed E-state index contributed by atoms with van der Waals surface area (Å²) in [5.41, 5.74) is -0.564. The molecule has 1 rings (SSSR count). The third kappa shape index (κ3) is 3.52. The molecule has 0 saturated heterocycles. The number of rotatable bonds is 6. The summed E-state index contributed by atoms with van der Waals surface area (Å²) >= 11 is 0. The Morgan fingerprint density at radius 1 is 1.47 bits per heavy atom. The summed E-state index contributed by atoms with van der Waals surface area (Å²) in [6.45, 7) is 9.66. The quantitative estimate of drug-likeness (QED) is 0.749. The van der Waals surface area contributed by atoms with Crippen molar-refractivity contribution in [2.45, 2.75) is 46.3 Å². The van der Waals surface area contributed by atoms with Crippen molar-refractivity contribution in [3.05, 3.63) is 12.2 Å². The number of likely N-dealkylation sites (N-methyl/N-ethyl adjacent to an activating group) is 1. The van der Waals surface area contributed by atoms with Crippen molar-refractivity contribution >= 4 is 5.91 Å². The highest BCUT2D eigenvalue weighted by molar-refractivity contribution is 5.85. The molecule has 96 valence electrons. The number of nitrogens with one attached hydrogen (secondary N) is 2. The van der Waals surface area contributed by atoms with Crippen LogP contribution < -0.4 is 10.6 Å². The van der Waals surface area contributed by atoms with Gasteiger partial charge in [0.2, 0.25) is 5.91 Å². The maximum Gasteiger partial charge on any atom is 0.240 e. The van der Waals surface area contributed by atoms with E-state index in [1.165, 1.54) is 0 Å². The normalized spacial score (nSPS) is 11.5. The number of aromatic nitrogens is 3. The molecule has 0 fully saturated rings. The van der Waals surface area contributed by atoms with Gasteiger partial charge in [-0.25, -0.2) is 0 Å². The van der Waals surface area contributed by atoms with Gasteiger partial charge >= 0.3 is 0 Å². The van der Waals surface area contributed by atoms with Gasteiger partial charge in [-0.15, -0.1) is 10.2 Å². The summed E-state index contributed by atoms with van der Waals surface area (Å²) in [6, 6.07) is 0. The van der Waals surface area contributed by atoms with E-state index in [1.807, 2.05) is 32.3 Å². The Morgan fingerprint density at radius 3 is 2.76 bits per heavy atom. The van der Waals surface area contributed by atoms with Crippen LogP contribution in [0.25, 0.3) is 0 Å². The highest BCUT2D eigenvalue weighted by Gasteiger charge is 2.25. The maximum absolute atomic E-state index is 11.9. The van der Waals surface area contributed by atoms with Crippen LogP contribution in [0.3, 0.4) is 0 Å². The molecule has 1 amide bonds. The van der Waals surface area contributed by atoms with Crippen LogP contribution in [0.5, 0.6) is 0 Å². The number of aryl methyl sites for hydroxylation is 1. The van der Waals surface area contributed by atoms with Crippen LogP contribution in [0.4, 0.5) is 0 Å². The number of amides is 1. The first kappa shape index (κ1) is 13.6. The molecule has 0 aliphatic rings. The molecule has 0 bridgehead atoms. The molecule has 0 aliphatic heterocycles.